The SMILES string of the molecule is CCOc1ccc2[nH]c3c(c2c1)CCCC3CNC. The highest BCUT2D eigenvalue weighted by molar-refractivity contribution is 5.86. The first kappa shape index (κ1) is 12.5. The number of rotatable bonds is 4. The normalized spacial score (nSPS) is 18.5. The van der Waals surface area contributed by atoms with Crippen molar-refractivity contribution in [2.75, 3.05) is 20.2 Å². The highest BCUT2D eigenvalue weighted by Gasteiger charge is 2.23. The third kappa shape index (κ3) is 2.23. The number of aryl methyl sites for hydroxylation is 1. The van der Waals surface area contributed by atoms with Crippen molar-refractivity contribution in [3.63, 3.8) is 0 Å². The Hall–Kier alpha value is -1.48. The van der Waals surface area contributed by atoms with Gasteiger partial charge >= 0.3 is 0 Å². The molecule has 0 bridgehead atoms. The summed E-state index contributed by atoms with van der Waals surface area (Å²) in [6.07, 6.45) is 3.75. The standard InChI is InChI=1S/C16H22N2O/c1-3-19-12-7-8-15-14(9-12)13-6-4-5-11(10-17-2)16(13)18-15/h7-9,11,17-18H,3-6,10H2,1-2H3. The summed E-state index contributed by atoms with van der Waals surface area (Å²) in [5.41, 5.74) is 4.18. The molecule has 0 radical (unpaired) electrons. The predicted octanol–water partition coefficient (Wildman–Crippen LogP) is 3.21. The zero-order valence-corrected chi connectivity index (χ0v) is 11.8. The fourth-order valence-corrected chi connectivity index (χ4v) is 3.24. The van der Waals surface area contributed by atoms with Crippen LogP contribution in [0.5, 0.6) is 5.75 Å². The maximum absolute atomic E-state index is 5.62. The van der Waals surface area contributed by atoms with Gasteiger partial charge in [0.25, 0.3) is 0 Å². The van der Waals surface area contributed by atoms with Gasteiger partial charge in [-0.2, -0.15) is 0 Å². The number of H-pyrrole nitrogens is 1. The number of fused-ring (bicyclic) bond motifs is 3. The average Bonchev–Trinajstić information content (AvgIpc) is 2.79. The van der Waals surface area contributed by atoms with Gasteiger partial charge in [0.15, 0.2) is 0 Å². The first-order chi connectivity index (χ1) is 9.33. The number of benzene rings is 1. The van der Waals surface area contributed by atoms with Gasteiger partial charge in [0.1, 0.15) is 5.75 Å². The summed E-state index contributed by atoms with van der Waals surface area (Å²) in [5.74, 6) is 1.60. The molecule has 3 nitrogen and oxygen atoms in total. The molecule has 1 aromatic heterocycles. The van der Waals surface area contributed by atoms with E-state index in [-0.39, 0.29) is 0 Å². The molecule has 1 aliphatic rings. The van der Waals surface area contributed by atoms with E-state index >= 15 is 0 Å². The van der Waals surface area contributed by atoms with Crippen LogP contribution in [0.3, 0.4) is 0 Å². The number of aromatic nitrogens is 1. The molecular weight excluding hydrogens is 236 g/mol. The molecule has 1 unspecified atom stereocenters. The minimum absolute atomic E-state index is 0.622. The molecule has 1 aliphatic carbocycles. The second-order valence-electron chi connectivity index (χ2n) is 5.30. The number of ether oxygens (including phenoxy) is 1. The largest absolute Gasteiger partial charge is 0.494 e. The number of likely N-dealkylation sites (N-methyl/N-ethyl adjacent to an activating group) is 1. The number of aromatic amines is 1. The van der Waals surface area contributed by atoms with E-state index in [0.717, 1.165) is 18.9 Å². The van der Waals surface area contributed by atoms with Crippen molar-refractivity contribution >= 4 is 10.9 Å². The number of nitrogens with one attached hydrogen (secondary N) is 2. The lowest BCUT2D eigenvalue weighted by molar-refractivity contribution is 0.340. The van der Waals surface area contributed by atoms with E-state index in [1.54, 1.807) is 0 Å². The Morgan fingerprint density at radius 1 is 1.42 bits per heavy atom. The summed E-state index contributed by atoms with van der Waals surface area (Å²) in [4.78, 5) is 3.62. The monoisotopic (exact) mass is 258 g/mol. The number of hydrogen-bond acceptors (Lipinski definition) is 2. The predicted molar refractivity (Wildman–Crippen MR) is 79.1 cm³/mol. The van der Waals surface area contributed by atoms with E-state index in [0.29, 0.717) is 5.92 Å². The van der Waals surface area contributed by atoms with Gasteiger partial charge in [-0.05, 0) is 57.0 Å². The quantitative estimate of drug-likeness (QED) is 0.883. The molecule has 1 atom stereocenters. The Bertz CT molecular complexity index is 573. The lowest BCUT2D eigenvalue weighted by atomic mass is 9.87. The van der Waals surface area contributed by atoms with Crippen molar-refractivity contribution < 1.29 is 4.74 Å². The molecule has 3 heteroatoms. The van der Waals surface area contributed by atoms with E-state index in [2.05, 4.69) is 28.5 Å². The molecule has 2 aromatic rings. The van der Waals surface area contributed by atoms with Gasteiger partial charge in [0, 0.05) is 29.1 Å². The fraction of sp³-hybridized carbons (Fsp3) is 0.500. The van der Waals surface area contributed by atoms with Crippen LogP contribution in [0.15, 0.2) is 18.2 Å². The second kappa shape index (κ2) is 5.25. The topological polar surface area (TPSA) is 37.0 Å². The minimum Gasteiger partial charge on any atom is -0.494 e. The van der Waals surface area contributed by atoms with Gasteiger partial charge in [0.05, 0.1) is 6.61 Å². The maximum Gasteiger partial charge on any atom is 0.120 e. The lowest BCUT2D eigenvalue weighted by Crippen LogP contribution is -2.21. The molecule has 1 heterocycles. The van der Waals surface area contributed by atoms with Crippen molar-refractivity contribution in [2.24, 2.45) is 0 Å². The molecule has 0 spiro atoms. The highest BCUT2D eigenvalue weighted by atomic mass is 16.5. The molecule has 0 fully saturated rings. The van der Waals surface area contributed by atoms with Crippen LogP contribution in [-0.2, 0) is 6.42 Å². The Balaban J connectivity index is 2.06. The van der Waals surface area contributed by atoms with E-state index in [1.807, 2.05) is 14.0 Å². The molecule has 0 aliphatic heterocycles. The van der Waals surface area contributed by atoms with Gasteiger partial charge in [0.2, 0.25) is 0 Å². The first-order valence-electron chi connectivity index (χ1n) is 7.25. The van der Waals surface area contributed by atoms with Crippen LogP contribution in [0, 0.1) is 0 Å². The number of hydrogen-bond donors (Lipinski definition) is 2. The molecule has 2 N–H and O–H groups in total. The Labute approximate surface area is 114 Å². The van der Waals surface area contributed by atoms with Crippen molar-refractivity contribution in [2.45, 2.75) is 32.1 Å². The summed E-state index contributed by atoms with van der Waals surface area (Å²) in [7, 11) is 2.03. The van der Waals surface area contributed by atoms with Crippen LogP contribution < -0.4 is 10.1 Å². The van der Waals surface area contributed by atoms with Gasteiger partial charge < -0.3 is 15.0 Å². The summed E-state index contributed by atoms with van der Waals surface area (Å²) in [6, 6.07) is 6.39. The van der Waals surface area contributed by atoms with Gasteiger partial charge in [-0.1, -0.05) is 0 Å². The van der Waals surface area contributed by atoms with Crippen LogP contribution in [0.1, 0.15) is 36.9 Å². The van der Waals surface area contributed by atoms with Crippen LogP contribution >= 0.6 is 0 Å². The molecule has 0 saturated carbocycles. The first-order valence-corrected chi connectivity index (χ1v) is 7.25. The smallest absolute Gasteiger partial charge is 0.120 e. The summed E-state index contributed by atoms with van der Waals surface area (Å²) < 4.78 is 5.62. The van der Waals surface area contributed by atoms with E-state index in [1.165, 1.54) is 41.4 Å². The zero-order chi connectivity index (χ0) is 13.2. The van der Waals surface area contributed by atoms with Crippen molar-refractivity contribution in [1.29, 1.82) is 0 Å². The Morgan fingerprint density at radius 2 is 2.32 bits per heavy atom. The van der Waals surface area contributed by atoms with Crippen molar-refractivity contribution in [3.05, 3.63) is 29.5 Å². The molecule has 0 saturated heterocycles. The van der Waals surface area contributed by atoms with Crippen molar-refractivity contribution in [3.8, 4) is 5.75 Å². The Morgan fingerprint density at radius 3 is 3.11 bits per heavy atom. The second-order valence-corrected chi connectivity index (χ2v) is 5.30. The third-order valence-corrected chi connectivity index (χ3v) is 4.06. The molecule has 19 heavy (non-hydrogen) atoms. The van der Waals surface area contributed by atoms with Crippen LogP contribution in [0.25, 0.3) is 10.9 Å². The molecule has 1 aromatic carbocycles. The van der Waals surface area contributed by atoms with Crippen LogP contribution in [-0.4, -0.2) is 25.2 Å². The zero-order valence-electron chi connectivity index (χ0n) is 11.8. The van der Waals surface area contributed by atoms with E-state index in [9.17, 15) is 0 Å². The summed E-state index contributed by atoms with van der Waals surface area (Å²) in [5, 5.41) is 4.66. The Kier molecular flexibility index (Phi) is 3.47. The minimum atomic E-state index is 0.622. The van der Waals surface area contributed by atoms with Gasteiger partial charge in [-0.3, -0.25) is 0 Å². The van der Waals surface area contributed by atoms with E-state index in [4.69, 9.17) is 4.74 Å². The molecule has 3 rings (SSSR count). The molecule has 0 amide bonds. The van der Waals surface area contributed by atoms with Crippen LogP contribution in [0.2, 0.25) is 0 Å². The highest BCUT2D eigenvalue weighted by Crippen LogP contribution is 2.36. The summed E-state index contributed by atoms with van der Waals surface area (Å²) in [6.45, 7) is 3.80. The molecular formula is C16H22N2O. The lowest BCUT2D eigenvalue weighted by Gasteiger charge is -2.22. The maximum atomic E-state index is 5.62. The van der Waals surface area contributed by atoms with E-state index < -0.39 is 0 Å². The fourth-order valence-electron chi connectivity index (χ4n) is 3.24. The third-order valence-electron chi connectivity index (χ3n) is 4.06. The molecule has 102 valence electrons. The van der Waals surface area contributed by atoms with Gasteiger partial charge in [-0.25, -0.2) is 0 Å². The summed E-state index contributed by atoms with van der Waals surface area (Å²) >= 11 is 0. The van der Waals surface area contributed by atoms with Gasteiger partial charge in [-0.15, -0.1) is 0 Å². The van der Waals surface area contributed by atoms with Crippen molar-refractivity contribution in [1.82, 2.24) is 10.3 Å². The van der Waals surface area contributed by atoms with Crippen LogP contribution in [0.4, 0.5) is 0 Å². The average molecular weight is 258 g/mol.